The summed E-state index contributed by atoms with van der Waals surface area (Å²) in [6.45, 7) is 2.58. The number of amides is 1. The van der Waals surface area contributed by atoms with E-state index in [1.807, 2.05) is 36.6 Å². The topological polar surface area (TPSA) is 99.2 Å². The van der Waals surface area contributed by atoms with E-state index in [9.17, 15) is 9.59 Å². The van der Waals surface area contributed by atoms with E-state index in [0.717, 1.165) is 11.1 Å². The van der Waals surface area contributed by atoms with Crippen LogP contribution in [-0.2, 0) is 7.05 Å². The molecule has 0 atom stereocenters. The van der Waals surface area contributed by atoms with Crippen molar-refractivity contribution in [3.8, 4) is 17.0 Å². The van der Waals surface area contributed by atoms with Gasteiger partial charge in [-0.3, -0.25) is 15.0 Å². The zero-order valence-electron chi connectivity index (χ0n) is 12.5. The molecule has 0 fully saturated rings. The molecule has 0 unspecified atom stereocenters. The normalized spacial score (nSPS) is 10.3. The summed E-state index contributed by atoms with van der Waals surface area (Å²) in [5, 5.41) is 4.19. The highest BCUT2D eigenvalue weighted by atomic mass is 16.5. The van der Waals surface area contributed by atoms with E-state index < -0.39 is 11.5 Å². The first-order valence-corrected chi connectivity index (χ1v) is 6.90. The van der Waals surface area contributed by atoms with Crippen LogP contribution in [-0.4, -0.2) is 22.3 Å². The molecule has 1 heterocycles. The average Bonchev–Trinajstić information content (AvgIpc) is 2.55. The van der Waals surface area contributed by atoms with E-state index in [1.165, 1.54) is 13.1 Å². The lowest BCUT2D eigenvalue weighted by molar-refractivity contribution is 0.0951. The smallest absolute Gasteiger partial charge is 0.279 e. The summed E-state index contributed by atoms with van der Waals surface area (Å²) in [4.78, 5) is 23.7. The Morgan fingerprint density at radius 2 is 2.14 bits per heavy atom. The first-order valence-electron chi connectivity index (χ1n) is 6.90. The molecule has 0 aliphatic heterocycles. The molecular formula is C15H18N4O3. The minimum Gasteiger partial charge on any atom is -0.493 e. The molecule has 0 aliphatic carbocycles. The van der Waals surface area contributed by atoms with Crippen molar-refractivity contribution in [1.29, 1.82) is 0 Å². The fraction of sp³-hybridized carbons (Fsp3) is 0.267. The van der Waals surface area contributed by atoms with Crippen LogP contribution >= 0.6 is 0 Å². The van der Waals surface area contributed by atoms with Crippen LogP contribution in [0.2, 0.25) is 0 Å². The first kappa shape index (κ1) is 15.7. The number of hydrogen-bond acceptors (Lipinski definition) is 5. The molecule has 1 aromatic heterocycles. The predicted molar refractivity (Wildman–Crippen MR) is 82.4 cm³/mol. The Bertz CT molecular complexity index is 740. The highest BCUT2D eigenvalue weighted by Gasteiger charge is 2.16. The molecule has 2 aromatic rings. The standard InChI is InChI=1S/C15H18N4O3/c1-3-8-22-13-7-5-4-6-10(13)12-9-11(14(20)17-16)15(21)19(2)18-12/h4-7,9H,3,8,16H2,1-2H3,(H,17,20). The number of nitrogens with two attached hydrogens (primary N) is 1. The van der Waals surface area contributed by atoms with Crippen molar-refractivity contribution >= 4 is 5.91 Å². The van der Waals surface area contributed by atoms with Gasteiger partial charge in [-0.1, -0.05) is 19.1 Å². The number of hydrogen-bond donors (Lipinski definition) is 2. The van der Waals surface area contributed by atoms with Crippen LogP contribution in [0.5, 0.6) is 5.75 Å². The highest BCUT2D eigenvalue weighted by Crippen LogP contribution is 2.28. The third-order valence-electron chi connectivity index (χ3n) is 3.06. The average molecular weight is 302 g/mol. The maximum Gasteiger partial charge on any atom is 0.279 e. The molecule has 116 valence electrons. The summed E-state index contributed by atoms with van der Waals surface area (Å²) < 4.78 is 6.79. The minimum absolute atomic E-state index is 0.0692. The van der Waals surface area contributed by atoms with E-state index in [1.54, 1.807) is 0 Å². The van der Waals surface area contributed by atoms with Gasteiger partial charge in [0.05, 0.1) is 12.3 Å². The number of nitrogens with one attached hydrogen (secondary N) is 1. The molecular weight excluding hydrogens is 284 g/mol. The van der Waals surface area contributed by atoms with Crippen LogP contribution in [0.4, 0.5) is 0 Å². The lowest BCUT2D eigenvalue weighted by atomic mass is 10.1. The van der Waals surface area contributed by atoms with Gasteiger partial charge in [-0.15, -0.1) is 0 Å². The van der Waals surface area contributed by atoms with Crippen molar-refractivity contribution in [1.82, 2.24) is 15.2 Å². The fourth-order valence-corrected chi connectivity index (χ4v) is 2.00. The van der Waals surface area contributed by atoms with Gasteiger partial charge >= 0.3 is 0 Å². The number of aromatic nitrogens is 2. The Morgan fingerprint density at radius 1 is 1.41 bits per heavy atom. The number of rotatable bonds is 5. The summed E-state index contributed by atoms with van der Waals surface area (Å²) in [7, 11) is 1.48. The van der Waals surface area contributed by atoms with Gasteiger partial charge in [-0.05, 0) is 24.6 Å². The second-order valence-electron chi connectivity index (χ2n) is 4.69. The van der Waals surface area contributed by atoms with E-state index >= 15 is 0 Å². The third-order valence-corrected chi connectivity index (χ3v) is 3.06. The lowest BCUT2D eigenvalue weighted by Crippen LogP contribution is -2.36. The number of nitrogen functional groups attached to an aromatic ring is 1. The maximum absolute atomic E-state index is 12.0. The Morgan fingerprint density at radius 3 is 2.82 bits per heavy atom. The van der Waals surface area contributed by atoms with Gasteiger partial charge < -0.3 is 4.74 Å². The maximum atomic E-state index is 12.0. The van der Waals surface area contributed by atoms with Crippen molar-refractivity contribution < 1.29 is 9.53 Å². The summed E-state index contributed by atoms with van der Waals surface area (Å²) in [6, 6.07) is 8.74. The second-order valence-corrected chi connectivity index (χ2v) is 4.69. The van der Waals surface area contributed by atoms with Crippen LogP contribution < -0.4 is 21.6 Å². The van der Waals surface area contributed by atoms with Crippen molar-refractivity contribution in [2.75, 3.05) is 6.61 Å². The molecule has 0 aliphatic rings. The number of benzene rings is 1. The van der Waals surface area contributed by atoms with E-state index in [0.29, 0.717) is 23.6 Å². The van der Waals surface area contributed by atoms with Crippen LogP contribution in [0.3, 0.4) is 0 Å². The number of aryl methyl sites for hydroxylation is 1. The van der Waals surface area contributed by atoms with E-state index in [2.05, 4.69) is 5.10 Å². The molecule has 0 saturated heterocycles. The van der Waals surface area contributed by atoms with Crippen LogP contribution in [0.25, 0.3) is 11.3 Å². The van der Waals surface area contributed by atoms with Gasteiger partial charge in [0.15, 0.2) is 0 Å². The monoisotopic (exact) mass is 302 g/mol. The Balaban J connectivity index is 2.56. The molecule has 3 N–H and O–H groups in total. The summed E-state index contributed by atoms with van der Waals surface area (Å²) >= 11 is 0. The van der Waals surface area contributed by atoms with E-state index in [4.69, 9.17) is 10.6 Å². The SMILES string of the molecule is CCCOc1ccccc1-c1cc(C(=O)NN)c(=O)n(C)n1. The third kappa shape index (κ3) is 3.15. The number of ether oxygens (including phenoxy) is 1. The van der Waals surface area contributed by atoms with Gasteiger partial charge in [0, 0.05) is 12.6 Å². The molecule has 7 heteroatoms. The van der Waals surface area contributed by atoms with Gasteiger partial charge in [-0.2, -0.15) is 5.10 Å². The summed E-state index contributed by atoms with van der Waals surface area (Å²) in [5.41, 5.74) is 2.55. The minimum atomic E-state index is -0.656. The Kier molecular flexibility index (Phi) is 4.90. The predicted octanol–water partition coefficient (Wildman–Crippen LogP) is 0.840. The van der Waals surface area contributed by atoms with Gasteiger partial charge in [0.25, 0.3) is 11.5 Å². The van der Waals surface area contributed by atoms with Gasteiger partial charge in [0.1, 0.15) is 11.3 Å². The second kappa shape index (κ2) is 6.86. The summed E-state index contributed by atoms with van der Waals surface area (Å²) in [5.74, 6) is 5.11. The highest BCUT2D eigenvalue weighted by molar-refractivity contribution is 5.94. The number of para-hydroxylation sites is 1. The Hall–Kier alpha value is -2.67. The van der Waals surface area contributed by atoms with Crippen LogP contribution in [0, 0.1) is 0 Å². The van der Waals surface area contributed by atoms with Gasteiger partial charge in [-0.25, -0.2) is 10.5 Å². The molecule has 0 spiro atoms. The first-order chi connectivity index (χ1) is 10.6. The fourth-order valence-electron chi connectivity index (χ4n) is 2.00. The lowest BCUT2D eigenvalue weighted by Gasteiger charge is -2.12. The summed E-state index contributed by atoms with van der Waals surface area (Å²) in [6.07, 6.45) is 0.871. The number of carbonyl (C=O) groups is 1. The molecule has 22 heavy (non-hydrogen) atoms. The molecule has 2 rings (SSSR count). The quantitative estimate of drug-likeness (QED) is 0.484. The van der Waals surface area contributed by atoms with Crippen molar-refractivity contribution in [3.05, 3.63) is 46.2 Å². The molecule has 0 radical (unpaired) electrons. The van der Waals surface area contributed by atoms with Crippen molar-refractivity contribution in [2.45, 2.75) is 13.3 Å². The molecule has 0 bridgehead atoms. The Labute approximate surface area is 127 Å². The zero-order chi connectivity index (χ0) is 16.1. The van der Waals surface area contributed by atoms with Crippen molar-refractivity contribution in [2.24, 2.45) is 12.9 Å². The van der Waals surface area contributed by atoms with E-state index in [-0.39, 0.29) is 5.56 Å². The zero-order valence-corrected chi connectivity index (χ0v) is 12.5. The van der Waals surface area contributed by atoms with Crippen LogP contribution in [0.1, 0.15) is 23.7 Å². The van der Waals surface area contributed by atoms with Crippen molar-refractivity contribution in [3.63, 3.8) is 0 Å². The van der Waals surface area contributed by atoms with Crippen LogP contribution in [0.15, 0.2) is 35.1 Å². The van der Waals surface area contributed by atoms with Gasteiger partial charge in [0.2, 0.25) is 0 Å². The molecule has 0 saturated carbocycles. The largest absolute Gasteiger partial charge is 0.493 e. The molecule has 7 nitrogen and oxygen atoms in total. The molecule has 1 aromatic carbocycles. The number of hydrazine groups is 1. The number of nitrogens with zero attached hydrogens (tertiary/aromatic N) is 2. The molecule has 1 amide bonds. The number of carbonyl (C=O) groups excluding carboxylic acids is 1.